The molecule has 1 aromatic rings. The van der Waals surface area contributed by atoms with Gasteiger partial charge in [0.1, 0.15) is 0 Å². The van der Waals surface area contributed by atoms with E-state index >= 15 is 0 Å². The first-order chi connectivity index (χ1) is 11.0. The Morgan fingerprint density at radius 2 is 2.17 bits per heavy atom. The summed E-state index contributed by atoms with van der Waals surface area (Å²) in [7, 11) is 0. The summed E-state index contributed by atoms with van der Waals surface area (Å²) in [6.45, 7) is 8.05. The first kappa shape index (κ1) is 18.2. The van der Waals surface area contributed by atoms with Crippen LogP contribution in [-0.4, -0.2) is 65.7 Å². The Morgan fingerprint density at radius 3 is 2.83 bits per heavy atom. The highest BCUT2D eigenvalue weighted by molar-refractivity contribution is 6.31. The Morgan fingerprint density at radius 1 is 1.43 bits per heavy atom. The summed E-state index contributed by atoms with van der Waals surface area (Å²) >= 11 is 6.09. The number of rotatable bonds is 6. The van der Waals surface area contributed by atoms with Crippen LogP contribution in [0.2, 0.25) is 5.02 Å². The van der Waals surface area contributed by atoms with Crippen LogP contribution in [0.15, 0.2) is 24.3 Å². The first-order valence-electron chi connectivity index (χ1n) is 8.10. The minimum Gasteiger partial charge on any atom is -0.392 e. The number of piperazine rings is 1. The number of hydrogen-bond donors (Lipinski definition) is 2. The van der Waals surface area contributed by atoms with Gasteiger partial charge in [-0.2, -0.15) is 0 Å². The maximum atomic E-state index is 12.1. The lowest BCUT2D eigenvalue weighted by atomic mass is 10.1. The number of carbonyl (C=O) groups is 1. The number of halogens is 1. The minimum atomic E-state index is -0.317. The summed E-state index contributed by atoms with van der Waals surface area (Å²) in [5.41, 5.74) is 0.928. The molecule has 1 saturated heterocycles. The van der Waals surface area contributed by atoms with Crippen LogP contribution >= 0.6 is 11.6 Å². The van der Waals surface area contributed by atoms with Gasteiger partial charge >= 0.3 is 0 Å². The lowest BCUT2D eigenvalue weighted by molar-refractivity contribution is -0.123. The second kappa shape index (κ2) is 8.64. The smallest absolute Gasteiger partial charge is 0.234 e. The SMILES string of the molecule is CC(O)CN1CCN(CC(=O)NCc2ccccc2Cl)CC1C. The van der Waals surface area contributed by atoms with E-state index in [4.69, 9.17) is 11.6 Å². The molecule has 0 bridgehead atoms. The summed E-state index contributed by atoms with van der Waals surface area (Å²) in [4.78, 5) is 16.5. The molecule has 2 atom stereocenters. The highest BCUT2D eigenvalue weighted by Crippen LogP contribution is 2.14. The van der Waals surface area contributed by atoms with Crippen molar-refractivity contribution < 1.29 is 9.90 Å². The van der Waals surface area contributed by atoms with Gasteiger partial charge in [0.2, 0.25) is 5.91 Å². The highest BCUT2D eigenvalue weighted by atomic mass is 35.5. The van der Waals surface area contributed by atoms with E-state index in [-0.39, 0.29) is 12.0 Å². The number of hydrogen-bond acceptors (Lipinski definition) is 4. The summed E-state index contributed by atoms with van der Waals surface area (Å²) in [5.74, 6) is 0.0149. The van der Waals surface area contributed by atoms with E-state index in [9.17, 15) is 9.90 Å². The van der Waals surface area contributed by atoms with Crippen molar-refractivity contribution in [3.05, 3.63) is 34.9 Å². The molecule has 5 nitrogen and oxygen atoms in total. The van der Waals surface area contributed by atoms with Gasteiger partial charge in [-0.05, 0) is 25.5 Å². The van der Waals surface area contributed by atoms with E-state index in [1.807, 2.05) is 24.3 Å². The van der Waals surface area contributed by atoms with E-state index in [2.05, 4.69) is 22.0 Å². The van der Waals surface area contributed by atoms with Crippen molar-refractivity contribution in [2.75, 3.05) is 32.7 Å². The van der Waals surface area contributed by atoms with Gasteiger partial charge in [0.25, 0.3) is 0 Å². The van der Waals surface area contributed by atoms with Gasteiger partial charge < -0.3 is 10.4 Å². The van der Waals surface area contributed by atoms with E-state index in [0.717, 1.165) is 25.2 Å². The monoisotopic (exact) mass is 339 g/mol. The minimum absolute atomic E-state index is 0.0149. The number of nitrogens with one attached hydrogen (secondary N) is 1. The summed E-state index contributed by atoms with van der Waals surface area (Å²) in [5, 5.41) is 13.1. The lowest BCUT2D eigenvalue weighted by Gasteiger charge is -2.40. The number of amides is 1. The van der Waals surface area contributed by atoms with Crippen molar-refractivity contribution in [2.45, 2.75) is 32.5 Å². The van der Waals surface area contributed by atoms with Gasteiger partial charge in [0, 0.05) is 43.8 Å². The predicted octanol–water partition coefficient (Wildman–Crippen LogP) is 1.34. The van der Waals surface area contributed by atoms with Crippen LogP contribution in [0.5, 0.6) is 0 Å². The number of benzene rings is 1. The molecular formula is C17H26ClN3O2. The molecule has 2 N–H and O–H groups in total. The topological polar surface area (TPSA) is 55.8 Å². The van der Waals surface area contributed by atoms with Crippen molar-refractivity contribution in [1.82, 2.24) is 15.1 Å². The molecule has 1 aromatic carbocycles. The van der Waals surface area contributed by atoms with Crippen LogP contribution in [0.3, 0.4) is 0 Å². The molecule has 128 valence electrons. The Hall–Kier alpha value is -1.14. The summed E-state index contributed by atoms with van der Waals surface area (Å²) in [6.07, 6.45) is -0.317. The van der Waals surface area contributed by atoms with Gasteiger partial charge in [-0.15, -0.1) is 0 Å². The molecule has 1 aliphatic heterocycles. The van der Waals surface area contributed by atoms with Gasteiger partial charge in [-0.25, -0.2) is 0 Å². The van der Waals surface area contributed by atoms with Crippen molar-refractivity contribution >= 4 is 17.5 Å². The summed E-state index contributed by atoms with van der Waals surface area (Å²) in [6, 6.07) is 7.87. The third kappa shape index (κ3) is 5.77. The molecule has 2 unspecified atom stereocenters. The molecule has 1 fully saturated rings. The number of carbonyl (C=O) groups excluding carboxylic acids is 1. The van der Waals surface area contributed by atoms with Gasteiger partial charge in [0.05, 0.1) is 12.6 Å². The highest BCUT2D eigenvalue weighted by Gasteiger charge is 2.25. The normalized spacial score (nSPS) is 21.1. The molecule has 0 radical (unpaired) electrons. The Kier molecular flexibility index (Phi) is 6.84. The summed E-state index contributed by atoms with van der Waals surface area (Å²) < 4.78 is 0. The molecule has 6 heteroatoms. The third-order valence-corrected chi connectivity index (χ3v) is 4.52. The van der Waals surface area contributed by atoms with Crippen molar-refractivity contribution in [1.29, 1.82) is 0 Å². The maximum absolute atomic E-state index is 12.1. The van der Waals surface area contributed by atoms with Crippen LogP contribution in [0, 0.1) is 0 Å². The fourth-order valence-electron chi connectivity index (χ4n) is 2.92. The van der Waals surface area contributed by atoms with Crippen molar-refractivity contribution in [2.24, 2.45) is 0 Å². The predicted molar refractivity (Wildman–Crippen MR) is 92.5 cm³/mol. The zero-order valence-electron chi connectivity index (χ0n) is 13.8. The second-order valence-corrected chi connectivity index (χ2v) is 6.70. The molecule has 2 rings (SSSR count). The maximum Gasteiger partial charge on any atom is 0.234 e. The average molecular weight is 340 g/mol. The molecule has 1 amide bonds. The van der Waals surface area contributed by atoms with E-state index in [1.165, 1.54) is 0 Å². The standard InChI is InChI=1S/C17H26ClN3O2/c1-13-10-20(7-8-21(13)11-14(2)22)12-17(23)19-9-15-5-3-4-6-16(15)18/h3-6,13-14,22H,7-12H2,1-2H3,(H,19,23). The molecule has 0 spiro atoms. The fourth-order valence-corrected chi connectivity index (χ4v) is 3.12. The van der Waals surface area contributed by atoms with Crippen LogP contribution in [0.4, 0.5) is 0 Å². The van der Waals surface area contributed by atoms with Crippen LogP contribution < -0.4 is 5.32 Å². The molecule has 0 aromatic heterocycles. The Balaban J connectivity index is 1.75. The zero-order chi connectivity index (χ0) is 16.8. The number of nitrogens with zero attached hydrogens (tertiary/aromatic N) is 2. The fraction of sp³-hybridized carbons (Fsp3) is 0.588. The molecule has 1 aliphatic rings. The van der Waals surface area contributed by atoms with Crippen LogP contribution in [0.1, 0.15) is 19.4 Å². The van der Waals surface area contributed by atoms with E-state index in [0.29, 0.717) is 30.7 Å². The number of aliphatic hydroxyl groups is 1. The molecule has 1 heterocycles. The largest absolute Gasteiger partial charge is 0.392 e. The molecular weight excluding hydrogens is 314 g/mol. The van der Waals surface area contributed by atoms with Crippen molar-refractivity contribution in [3.63, 3.8) is 0 Å². The van der Waals surface area contributed by atoms with Gasteiger partial charge in [-0.1, -0.05) is 29.8 Å². The Bertz CT molecular complexity index is 524. The van der Waals surface area contributed by atoms with Crippen molar-refractivity contribution in [3.8, 4) is 0 Å². The molecule has 0 aliphatic carbocycles. The van der Waals surface area contributed by atoms with Crippen LogP contribution in [0.25, 0.3) is 0 Å². The lowest BCUT2D eigenvalue weighted by Crippen LogP contribution is -2.55. The van der Waals surface area contributed by atoms with Gasteiger partial charge in [-0.3, -0.25) is 14.6 Å². The molecule has 23 heavy (non-hydrogen) atoms. The third-order valence-electron chi connectivity index (χ3n) is 4.15. The zero-order valence-corrected chi connectivity index (χ0v) is 14.6. The Labute approximate surface area is 143 Å². The quantitative estimate of drug-likeness (QED) is 0.821. The second-order valence-electron chi connectivity index (χ2n) is 6.30. The van der Waals surface area contributed by atoms with Crippen LogP contribution in [-0.2, 0) is 11.3 Å². The average Bonchev–Trinajstić information content (AvgIpc) is 2.49. The first-order valence-corrected chi connectivity index (χ1v) is 8.48. The van der Waals surface area contributed by atoms with Gasteiger partial charge in [0.15, 0.2) is 0 Å². The van der Waals surface area contributed by atoms with E-state index < -0.39 is 0 Å². The molecule has 0 saturated carbocycles. The number of β-amino-alcohol motifs (C(OH)–C–C–N with tert-alkyl or cyclic N) is 1. The number of aliphatic hydroxyl groups excluding tert-OH is 1. The van der Waals surface area contributed by atoms with E-state index in [1.54, 1.807) is 6.92 Å².